The van der Waals surface area contributed by atoms with Gasteiger partial charge in [0.1, 0.15) is 0 Å². The highest BCUT2D eigenvalue weighted by Gasteiger charge is 2.40. The molecule has 2 aromatic rings. The van der Waals surface area contributed by atoms with Gasteiger partial charge < -0.3 is 10.4 Å². The quantitative estimate of drug-likeness (QED) is 0.485. The Kier molecular flexibility index (Phi) is 3.76. The molecule has 0 saturated carbocycles. The first-order chi connectivity index (χ1) is 12.5. The minimum Gasteiger partial charge on any atom is -0.478 e. The number of allylic oxidation sites excluding steroid dienone is 2. The second-order valence-electron chi connectivity index (χ2n) is 6.85. The maximum absolute atomic E-state index is 11.7. The van der Waals surface area contributed by atoms with Crippen molar-refractivity contribution >= 4 is 17.3 Å². The monoisotopic (exact) mass is 350 g/mol. The summed E-state index contributed by atoms with van der Waals surface area (Å²) in [5, 5.41) is 24.0. The number of nitrogens with one attached hydrogen (secondary N) is 1. The predicted octanol–water partition coefficient (Wildman–Crippen LogP) is 4.43. The molecule has 26 heavy (non-hydrogen) atoms. The smallest absolute Gasteiger partial charge is 0.336 e. The van der Waals surface area contributed by atoms with Crippen molar-refractivity contribution in [1.29, 1.82) is 0 Å². The second-order valence-corrected chi connectivity index (χ2v) is 6.85. The molecular weight excluding hydrogens is 332 g/mol. The van der Waals surface area contributed by atoms with E-state index in [1.54, 1.807) is 18.2 Å². The zero-order valence-electron chi connectivity index (χ0n) is 14.2. The third kappa shape index (κ3) is 2.45. The summed E-state index contributed by atoms with van der Waals surface area (Å²) >= 11 is 0. The molecule has 2 aromatic carbocycles. The van der Waals surface area contributed by atoms with Crippen molar-refractivity contribution in [3.05, 3.63) is 80.9 Å². The fourth-order valence-electron chi connectivity index (χ4n) is 4.17. The van der Waals surface area contributed by atoms with Crippen LogP contribution in [-0.2, 0) is 0 Å². The van der Waals surface area contributed by atoms with E-state index in [-0.39, 0.29) is 23.6 Å². The molecule has 2 N–H and O–H groups in total. The lowest BCUT2D eigenvalue weighted by atomic mass is 9.75. The Morgan fingerprint density at radius 3 is 2.62 bits per heavy atom. The van der Waals surface area contributed by atoms with E-state index < -0.39 is 10.9 Å². The minimum absolute atomic E-state index is 0.0222. The summed E-state index contributed by atoms with van der Waals surface area (Å²) in [7, 11) is 0. The van der Waals surface area contributed by atoms with Gasteiger partial charge in [-0.2, -0.15) is 0 Å². The highest BCUT2D eigenvalue weighted by atomic mass is 16.6. The molecule has 0 bridgehead atoms. The second kappa shape index (κ2) is 5.98. The molecule has 0 spiro atoms. The van der Waals surface area contributed by atoms with Gasteiger partial charge in [-0.3, -0.25) is 10.1 Å². The SMILES string of the molecule is Cc1ccc(C(=O)O)c2c1N[C@H](c1ccc([N+](=O)[O-])cc1)[C@@H]1CC=C[C@H]21. The maximum Gasteiger partial charge on any atom is 0.336 e. The summed E-state index contributed by atoms with van der Waals surface area (Å²) < 4.78 is 0. The lowest BCUT2D eigenvalue weighted by Gasteiger charge is -2.39. The van der Waals surface area contributed by atoms with Gasteiger partial charge in [0.05, 0.1) is 16.5 Å². The Labute approximate surface area is 150 Å². The van der Waals surface area contributed by atoms with Crippen LogP contribution in [0.3, 0.4) is 0 Å². The van der Waals surface area contributed by atoms with E-state index in [1.807, 2.05) is 13.0 Å². The number of rotatable bonds is 3. The number of nitro groups is 1. The number of nitro benzene ring substituents is 1. The predicted molar refractivity (Wildman–Crippen MR) is 97.6 cm³/mol. The van der Waals surface area contributed by atoms with Crippen molar-refractivity contribution in [1.82, 2.24) is 0 Å². The average molecular weight is 350 g/mol. The summed E-state index contributed by atoms with van der Waals surface area (Å²) in [5.74, 6) is -0.711. The first-order valence-corrected chi connectivity index (χ1v) is 8.51. The molecule has 0 saturated heterocycles. The van der Waals surface area contributed by atoms with Gasteiger partial charge in [0.25, 0.3) is 5.69 Å². The third-order valence-corrected chi connectivity index (χ3v) is 5.42. The number of aromatic carboxylic acids is 1. The Balaban J connectivity index is 1.81. The highest BCUT2D eigenvalue weighted by molar-refractivity contribution is 5.93. The third-order valence-electron chi connectivity index (χ3n) is 5.42. The molecule has 0 fully saturated rings. The summed E-state index contributed by atoms with van der Waals surface area (Å²) in [6.07, 6.45) is 5.03. The van der Waals surface area contributed by atoms with Gasteiger partial charge in [-0.1, -0.05) is 30.4 Å². The normalized spacial score (nSPS) is 23.0. The number of carboxylic acid groups (broad SMARTS) is 1. The number of hydrogen-bond acceptors (Lipinski definition) is 4. The van der Waals surface area contributed by atoms with Crippen LogP contribution in [0.5, 0.6) is 0 Å². The molecule has 1 aliphatic heterocycles. The molecule has 0 amide bonds. The van der Waals surface area contributed by atoms with Crippen LogP contribution in [0.1, 0.15) is 45.4 Å². The molecule has 2 aliphatic rings. The number of benzene rings is 2. The van der Waals surface area contributed by atoms with Crippen LogP contribution >= 0.6 is 0 Å². The van der Waals surface area contributed by atoms with E-state index in [1.165, 1.54) is 12.1 Å². The number of carbonyl (C=O) groups is 1. The Morgan fingerprint density at radius 1 is 1.23 bits per heavy atom. The van der Waals surface area contributed by atoms with Crippen molar-refractivity contribution in [3.63, 3.8) is 0 Å². The molecule has 3 atom stereocenters. The van der Waals surface area contributed by atoms with Crippen molar-refractivity contribution in [2.75, 3.05) is 5.32 Å². The highest BCUT2D eigenvalue weighted by Crippen LogP contribution is 2.51. The van der Waals surface area contributed by atoms with Crippen molar-refractivity contribution in [3.8, 4) is 0 Å². The van der Waals surface area contributed by atoms with Gasteiger partial charge in [0.2, 0.25) is 0 Å². The standard InChI is InChI=1S/C20H18N2O4/c1-11-5-10-16(20(23)24)17-14-3-2-4-15(14)19(21-18(11)17)12-6-8-13(9-7-12)22(25)26/h2-3,5-10,14-15,19,21H,4H2,1H3,(H,23,24)/t14-,15+,19+/m0/s1. The summed E-state index contributed by atoms with van der Waals surface area (Å²) in [6, 6.07) is 10.1. The summed E-state index contributed by atoms with van der Waals surface area (Å²) in [5.41, 5.74) is 4.07. The number of anilines is 1. The van der Waals surface area contributed by atoms with Gasteiger partial charge in [-0.25, -0.2) is 4.79 Å². The van der Waals surface area contributed by atoms with Gasteiger partial charge in [0, 0.05) is 23.7 Å². The molecule has 1 aliphatic carbocycles. The van der Waals surface area contributed by atoms with Gasteiger partial charge in [-0.15, -0.1) is 0 Å². The van der Waals surface area contributed by atoms with E-state index >= 15 is 0 Å². The van der Waals surface area contributed by atoms with Gasteiger partial charge in [0.15, 0.2) is 0 Å². The minimum atomic E-state index is -0.920. The number of carboxylic acids is 1. The fraction of sp³-hybridized carbons (Fsp3) is 0.250. The number of fused-ring (bicyclic) bond motifs is 3. The number of hydrogen-bond donors (Lipinski definition) is 2. The molecular formula is C20H18N2O4. The molecule has 0 radical (unpaired) electrons. The number of nitrogens with zero attached hydrogens (tertiary/aromatic N) is 1. The van der Waals surface area contributed by atoms with Crippen LogP contribution < -0.4 is 5.32 Å². The van der Waals surface area contributed by atoms with Crippen LogP contribution in [-0.4, -0.2) is 16.0 Å². The van der Waals surface area contributed by atoms with Crippen molar-refractivity contribution in [2.45, 2.75) is 25.3 Å². The van der Waals surface area contributed by atoms with E-state index in [4.69, 9.17) is 0 Å². The maximum atomic E-state index is 11.7. The molecule has 4 rings (SSSR count). The Hall–Kier alpha value is -3.15. The van der Waals surface area contributed by atoms with Crippen LogP contribution in [0, 0.1) is 23.0 Å². The van der Waals surface area contributed by atoms with Crippen LogP contribution in [0.4, 0.5) is 11.4 Å². The van der Waals surface area contributed by atoms with Crippen LogP contribution in [0.15, 0.2) is 48.6 Å². The van der Waals surface area contributed by atoms with Gasteiger partial charge >= 0.3 is 5.97 Å². The van der Waals surface area contributed by atoms with E-state index in [9.17, 15) is 20.0 Å². The molecule has 6 heteroatoms. The first kappa shape index (κ1) is 16.3. The summed E-state index contributed by atoms with van der Waals surface area (Å²) in [4.78, 5) is 22.2. The topological polar surface area (TPSA) is 92.5 Å². The number of aryl methyl sites for hydroxylation is 1. The van der Waals surface area contributed by atoms with Crippen LogP contribution in [0.2, 0.25) is 0 Å². The molecule has 1 heterocycles. The zero-order valence-corrected chi connectivity index (χ0v) is 14.2. The molecule has 6 nitrogen and oxygen atoms in total. The number of non-ortho nitro benzene ring substituents is 1. The van der Waals surface area contributed by atoms with E-state index in [2.05, 4.69) is 17.5 Å². The zero-order chi connectivity index (χ0) is 18.4. The average Bonchev–Trinajstić information content (AvgIpc) is 3.11. The first-order valence-electron chi connectivity index (χ1n) is 8.51. The summed E-state index contributed by atoms with van der Waals surface area (Å²) in [6.45, 7) is 1.96. The van der Waals surface area contributed by atoms with E-state index in [0.717, 1.165) is 28.8 Å². The van der Waals surface area contributed by atoms with E-state index in [0.29, 0.717) is 5.56 Å². The fourth-order valence-corrected chi connectivity index (χ4v) is 4.17. The lowest BCUT2D eigenvalue weighted by molar-refractivity contribution is -0.384. The van der Waals surface area contributed by atoms with Crippen LogP contribution in [0.25, 0.3) is 0 Å². The molecule has 0 unspecified atom stereocenters. The van der Waals surface area contributed by atoms with Crippen molar-refractivity contribution in [2.24, 2.45) is 5.92 Å². The Bertz CT molecular complexity index is 934. The largest absolute Gasteiger partial charge is 0.478 e. The molecule has 0 aromatic heterocycles. The molecule has 132 valence electrons. The Morgan fingerprint density at radius 2 is 1.96 bits per heavy atom. The lowest BCUT2D eigenvalue weighted by Crippen LogP contribution is -2.31. The van der Waals surface area contributed by atoms with Crippen molar-refractivity contribution < 1.29 is 14.8 Å². The van der Waals surface area contributed by atoms with Gasteiger partial charge in [-0.05, 0) is 42.0 Å².